The summed E-state index contributed by atoms with van der Waals surface area (Å²) in [6, 6.07) is 0. The van der Waals surface area contributed by atoms with Gasteiger partial charge in [0.1, 0.15) is 0 Å². The Balaban J connectivity index is 3.69. The zero-order valence-electron chi connectivity index (χ0n) is 10.1. The van der Waals surface area contributed by atoms with Crippen molar-refractivity contribution in [2.75, 3.05) is 54.2 Å². The lowest BCUT2D eigenvalue weighted by atomic mass is 10.4. The predicted octanol–water partition coefficient (Wildman–Crippen LogP) is 0.931. The van der Waals surface area contributed by atoms with Crippen LogP contribution in [-0.4, -0.2) is 63.5 Å². The molecule has 0 aromatic rings. The molecule has 0 aromatic heterocycles. The summed E-state index contributed by atoms with van der Waals surface area (Å²) in [5.41, 5.74) is 0. The fourth-order valence-corrected chi connectivity index (χ4v) is 2.10. The third kappa shape index (κ3) is 10.4. The van der Waals surface area contributed by atoms with E-state index >= 15 is 0 Å². The first-order chi connectivity index (χ1) is 6.77. The van der Waals surface area contributed by atoms with Crippen LogP contribution in [0.4, 0.5) is 0 Å². The van der Waals surface area contributed by atoms with Crippen molar-refractivity contribution in [3.63, 3.8) is 0 Å². The molecule has 0 bridgehead atoms. The lowest BCUT2D eigenvalue weighted by molar-refractivity contribution is -0.870. The van der Waals surface area contributed by atoms with Gasteiger partial charge in [0.2, 0.25) is 0 Å². The van der Waals surface area contributed by atoms with Gasteiger partial charge in [-0.3, -0.25) is 4.57 Å². The molecular weight excluding hydrogens is 217 g/mol. The number of nitrogens with zero attached hydrogens (tertiary/aromatic N) is 1. The van der Waals surface area contributed by atoms with Crippen LogP contribution in [0.5, 0.6) is 0 Å². The van der Waals surface area contributed by atoms with E-state index in [2.05, 4.69) is 0 Å². The van der Waals surface area contributed by atoms with E-state index in [-0.39, 0.29) is 12.8 Å². The number of quaternary nitrogens is 1. The number of methoxy groups -OCH3 is 1. The van der Waals surface area contributed by atoms with Crippen molar-refractivity contribution >= 4 is 7.60 Å². The van der Waals surface area contributed by atoms with Crippen LogP contribution in [0.15, 0.2) is 0 Å². The Kier molecular flexibility index (Phi) is 6.64. The van der Waals surface area contributed by atoms with Gasteiger partial charge in [0.25, 0.3) is 0 Å². The monoisotopic (exact) mass is 240 g/mol. The number of ether oxygens (including phenoxy) is 1. The van der Waals surface area contributed by atoms with Crippen molar-refractivity contribution in [3.8, 4) is 0 Å². The highest BCUT2D eigenvalue weighted by Gasteiger charge is 2.20. The first-order valence-corrected chi connectivity index (χ1v) is 6.79. The van der Waals surface area contributed by atoms with Gasteiger partial charge >= 0.3 is 7.60 Å². The molecule has 92 valence electrons. The molecule has 15 heavy (non-hydrogen) atoms. The molecule has 0 amide bonds. The molecule has 0 aliphatic rings. The summed E-state index contributed by atoms with van der Waals surface area (Å²) in [7, 11) is 4.28. The summed E-state index contributed by atoms with van der Waals surface area (Å²) in [5, 5.41) is 0. The van der Waals surface area contributed by atoms with Gasteiger partial charge in [0.15, 0.2) is 0 Å². The summed E-state index contributed by atoms with van der Waals surface area (Å²) in [6.45, 7) is 1.38. The predicted molar refractivity (Wildman–Crippen MR) is 60.0 cm³/mol. The molecular formula is C9H23NO4P+. The minimum Gasteiger partial charge on any atom is -0.382 e. The van der Waals surface area contributed by atoms with E-state index in [0.717, 1.165) is 11.0 Å². The first-order valence-electron chi connectivity index (χ1n) is 5.02. The molecule has 0 heterocycles. The van der Waals surface area contributed by atoms with Crippen LogP contribution in [-0.2, 0) is 13.8 Å². The topological polar surface area (TPSA) is 55.8 Å². The molecule has 0 aliphatic carbocycles. The van der Waals surface area contributed by atoms with Gasteiger partial charge in [-0.05, 0) is 0 Å². The van der Waals surface area contributed by atoms with Crippen LogP contribution in [0, 0.1) is 0 Å². The van der Waals surface area contributed by atoms with Gasteiger partial charge in [-0.2, -0.15) is 0 Å². The minimum atomic E-state index is -3.40. The number of hydrogen-bond acceptors (Lipinski definition) is 3. The van der Waals surface area contributed by atoms with Crippen LogP contribution >= 0.6 is 7.60 Å². The standard InChI is InChI=1S/C9H22NO4P/c1-10(2,3)6-5-9-15(11,12)14-8-7-13-4/h5-9H2,1-4H3/p+1. The van der Waals surface area contributed by atoms with Gasteiger partial charge in [-0.15, -0.1) is 0 Å². The largest absolute Gasteiger partial charge is 0.382 e. The third-order valence-electron chi connectivity index (χ3n) is 1.85. The Morgan fingerprint density at radius 1 is 1.27 bits per heavy atom. The smallest absolute Gasteiger partial charge is 0.328 e. The van der Waals surface area contributed by atoms with Gasteiger partial charge in [-0.1, -0.05) is 0 Å². The third-order valence-corrected chi connectivity index (χ3v) is 3.32. The quantitative estimate of drug-likeness (QED) is 0.389. The van der Waals surface area contributed by atoms with Crippen molar-refractivity contribution in [1.29, 1.82) is 0 Å². The van der Waals surface area contributed by atoms with Crippen molar-refractivity contribution in [2.24, 2.45) is 0 Å². The summed E-state index contributed by atoms with van der Waals surface area (Å²) in [5.74, 6) is 0. The number of rotatable bonds is 8. The molecule has 1 atom stereocenters. The van der Waals surface area contributed by atoms with Gasteiger partial charge in [0, 0.05) is 13.5 Å². The van der Waals surface area contributed by atoms with Crippen molar-refractivity contribution in [1.82, 2.24) is 0 Å². The van der Waals surface area contributed by atoms with Gasteiger partial charge in [0.05, 0.1) is 47.1 Å². The molecule has 1 N–H and O–H groups in total. The number of hydrogen-bond donors (Lipinski definition) is 1. The molecule has 5 nitrogen and oxygen atoms in total. The Morgan fingerprint density at radius 2 is 1.87 bits per heavy atom. The Morgan fingerprint density at radius 3 is 2.33 bits per heavy atom. The molecule has 0 fully saturated rings. The second-order valence-electron chi connectivity index (χ2n) is 4.55. The van der Waals surface area contributed by atoms with E-state index in [9.17, 15) is 9.46 Å². The van der Waals surface area contributed by atoms with Crippen molar-refractivity contribution < 1.29 is 23.2 Å². The molecule has 0 saturated heterocycles. The van der Waals surface area contributed by atoms with E-state index in [1.54, 1.807) is 0 Å². The molecule has 6 heteroatoms. The van der Waals surface area contributed by atoms with Crippen LogP contribution < -0.4 is 0 Å². The van der Waals surface area contributed by atoms with E-state index in [1.165, 1.54) is 7.11 Å². The Bertz CT molecular complexity index is 215. The summed E-state index contributed by atoms with van der Waals surface area (Å²) < 4.78 is 21.8. The Hall–Kier alpha value is 0.0700. The van der Waals surface area contributed by atoms with Gasteiger partial charge < -0.3 is 18.6 Å². The molecule has 0 radical (unpaired) electrons. The second kappa shape index (κ2) is 6.61. The van der Waals surface area contributed by atoms with E-state index in [4.69, 9.17) is 9.26 Å². The Labute approximate surface area is 92.1 Å². The van der Waals surface area contributed by atoms with Gasteiger partial charge in [-0.25, -0.2) is 0 Å². The molecule has 1 unspecified atom stereocenters. The maximum atomic E-state index is 11.4. The highest BCUT2D eigenvalue weighted by Crippen LogP contribution is 2.42. The van der Waals surface area contributed by atoms with Crippen LogP contribution in [0.1, 0.15) is 6.42 Å². The summed E-state index contributed by atoms with van der Waals surface area (Å²) in [4.78, 5) is 9.41. The fraction of sp³-hybridized carbons (Fsp3) is 1.00. The highest BCUT2D eigenvalue weighted by molar-refractivity contribution is 7.52. The zero-order chi connectivity index (χ0) is 11.9. The maximum Gasteiger partial charge on any atom is 0.328 e. The van der Waals surface area contributed by atoms with Crippen LogP contribution in [0.3, 0.4) is 0 Å². The highest BCUT2D eigenvalue weighted by atomic mass is 31.2. The van der Waals surface area contributed by atoms with Crippen molar-refractivity contribution in [2.45, 2.75) is 6.42 Å². The van der Waals surface area contributed by atoms with E-state index in [1.807, 2.05) is 21.1 Å². The maximum absolute atomic E-state index is 11.4. The lowest BCUT2D eigenvalue weighted by Crippen LogP contribution is -2.35. The van der Waals surface area contributed by atoms with Crippen LogP contribution in [0.2, 0.25) is 0 Å². The molecule has 0 rings (SSSR count). The normalized spacial score (nSPS) is 16.3. The van der Waals surface area contributed by atoms with E-state index < -0.39 is 7.60 Å². The average Bonchev–Trinajstić information content (AvgIpc) is 2.01. The molecule has 0 spiro atoms. The average molecular weight is 240 g/mol. The zero-order valence-corrected chi connectivity index (χ0v) is 11.0. The lowest BCUT2D eigenvalue weighted by Gasteiger charge is -2.24. The first kappa shape index (κ1) is 15.1. The SMILES string of the molecule is COCCOP(=O)(O)CCC[N+](C)(C)C. The summed E-state index contributed by atoms with van der Waals surface area (Å²) >= 11 is 0. The second-order valence-corrected chi connectivity index (χ2v) is 6.53. The molecule has 0 aromatic carbocycles. The fourth-order valence-electron chi connectivity index (χ4n) is 1.07. The van der Waals surface area contributed by atoms with Crippen molar-refractivity contribution in [3.05, 3.63) is 0 Å². The minimum absolute atomic E-state index is 0.175. The summed E-state index contributed by atoms with van der Waals surface area (Å²) in [6.07, 6.45) is 0.899. The molecule has 0 saturated carbocycles. The van der Waals surface area contributed by atoms with E-state index in [0.29, 0.717) is 13.0 Å². The van der Waals surface area contributed by atoms with Crippen LogP contribution in [0.25, 0.3) is 0 Å². The molecule has 0 aliphatic heterocycles.